The lowest BCUT2D eigenvalue weighted by molar-refractivity contribution is -0.149. The zero-order chi connectivity index (χ0) is 12.3. The van der Waals surface area contributed by atoms with Crippen LogP contribution in [0.2, 0.25) is 0 Å². The number of anilines is 1. The number of fused-ring (bicyclic) bond motifs is 1. The van der Waals surface area contributed by atoms with E-state index in [1.54, 1.807) is 0 Å². The molecule has 2 rings (SSSR count). The van der Waals surface area contributed by atoms with Gasteiger partial charge in [-0.1, -0.05) is 18.2 Å². The summed E-state index contributed by atoms with van der Waals surface area (Å²) in [6, 6.07) is 8.08. The van der Waals surface area contributed by atoms with E-state index in [-0.39, 0.29) is 6.42 Å². The summed E-state index contributed by atoms with van der Waals surface area (Å²) < 4.78 is 0. The van der Waals surface area contributed by atoms with Crippen LogP contribution in [0.25, 0.3) is 0 Å². The maximum Gasteiger partial charge on any atom is 0.372 e. The first kappa shape index (κ1) is 11.6. The second-order valence-corrected chi connectivity index (χ2v) is 4.20. The fraction of sp³-hybridized carbons (Fsp3) is 0.385. The van der Waals surface area contributed by atoms with Gasteiger partial charge in [-0.2, -0.15) is 0 Å². The molecule has 0 bridgehead atoms. The van der Waals surface area contributed by atoms with Crippen molar-refractivity contribution in [3.05, 3.63) is 29.8 Å². The highest BCUT2D eigenvalue weighted by molar-refractivity contribution is 6.32. The van der Waals surface area contributed by atoms with Crippen LogP contribution in [0.15, 0.2) is 24.3 Å². The Morgan fingerprint density at radius 3 is 2.82 bits per heavy atom. The summed E-state index contributed by atoms with van der Waals surface area (Å²) in [6.07, 6.45) is 2.18. The van der Waals surface area contributed by atoms with E-state index in [1.165, 1.54) is 5.56 Å². The number of carbonyl (C=O) groups excluding carboxylic acids is 1. The normalized spacial score (nSPS) is 14.2. The summed E-state index contributed by atoms with van der Waals surface area (Å²) in [5.41, 5.74) is 2.42. The highest BCUT2D eigenvalue weighted by Crippen LogP contribution is 2.26. The Morgan fingerprint density at radius 1 is 1.29 bits per heavy atom. The number of benzene rings is 1. The van der Waals surface area contributed by atoms with Crippen molar-refractivity contribution in [2.75, 3.05) is 18.0 Å². The molecule has 17 heavy (non-hydrogen) atoms. The number of carbonyl (C=O) groups is 2. The molecule has 0 spiro atoms. The number of hydrogen-bond acceptors (Lipinski definition) is 3. The molecule has 1 N–H and O–H groups in total. The first-order valence-electron chi connectivity index (χ1n) is 5.77. The van der Waals surface area contributed by atoms with Crippen molar-refractivity contribution in [2.45, 2.75) is 19.3 Å². The number of carboxylic acid groups (broad SMARTS) is 1. The van der Waals surface area contributed by atoms with Gasteiger partial charge in [-0.05, 0) is 24.5 Å². The topological polar surface area (TPSA) is 57.6 Å². The van der Waals surface area contributed by atoms with E-state index in [0.29, 0.717) is 6.54 Å². The second kappa shape index (κ2) is 4.99. The summed E-state index contributed by atoms with van der Waals surface area (Å²) in [5.74, 6) is -2.05. The lowest BCUT2D eigenvalue weighted by atomic mass is 10.0. The van der Waals surface area contributed by atoms with E-state index >= 15 is 0 Å². The summed E-state index contributed by atoms with van der Waals surface area (Å²) in [4.78, 5) is 23.6. The fourth-order valence-electron chi connectivity index (χ4n) is 2.19. The number of rotatable bonds is 4. The Morgan fingerprint density at radius 2 is 2.06 bits per heavy atom. The molecule has 1 aromatic rings. The van der Waals surface area contributed by atoms with Crippen LogP contribution in [0.5, 0.6) is 0 Å². The van der Waals surface area contributed by atoms with Crippen molar-refractivity contribution in [3.63, 3.8) is 0 Å². The summed E-state index contributed by atoms with van der Waals surface area (Å²) in [6.45, 7) is 1.38. The third-order valence-corrected chi connectivity index (χ3v) is 3.05. The first-order valence-corrected chi connectivity index (χ1v) is 5.77. The monoisotopic (exact) mass is 233 g/mol. The smallest absolute Gasteiger partial charge is 0.372 e. The minimum Gasteiger partial charge on any atom is -0.476 e. The van der Waals surface area contributed by atoms with Gasteiger partial charge in [-0.25, -0.2) is 4.79 Å². The van der Waals surface area contributed by atoms with Gasteiger partial charge in [0.05, 0.1) is 0 Å². The van der Waals surface area contributed by atoms with Gasteiger partial charge in [0.1, 0.15) is 0 Å². The van der Waals surface area contributed by atoms with Crippen LogP contribution >= 0.6 is 0 Å². The maximum absolute atomic E-state index is 11.1. The summed E-state index contributed by atoms with van der Waals surface area (Å²) in [5, 5.41) is 8.54. The molecule has 0 fully saturated rings. The molecule has 0 saturated carbocycles. The number of ketones is 1. The van der Waals surface area contributed by atoms with Crippen LogP contribution in [0.3, 0.4) is 0 Å². The third kappa shape index (κ3) is 2.64. The van der Waals surface area contributed by atoms with Gasteiger partial charge in [0.25, 0.3) is 0 Å². The predicted molar refractivity (Wildman–Crippen MR) is 64.2 cm³/mol. The Balaban J connectivity index is 2.04. The fourth-order valence-corrected chi connectivity index (χ4v) is 2.19. The van der Waals surface area contributed by atoms with E-state index < -0.39 is 11.8 Å². The molecule has 4 heteroatoms. The largest absolute Gasteiger partial charge is 0.476 e. The van der Waals surface area contributed by atoms with Gasteiger partial charge >= 0.3 is 5.97 Å². The zero-order valence-corrected chi connectivity index (χ0v) is 9.56. The molecule has 0 radical (unpaired) electrons. The number of nitrogens with zero attached hydrogens (tertiary/aromatic N) is 1. The minimum atomic E-state index is -1.34. The van der Waals surface area contributed by atoms with Crippen LogP contribution in [0.1, 0.15) is 18.4 Å². The molecule has 90 valence electrons. The highest BCUT2D eigenvalue weighted by Gasteiger charge is 2.18. The first-order chi connectivity index (χ1) is 8.18. The molecule has 0 atom stereocenters. The van der Waals surface area contributed by atoms with Crippen LogP contribution in [-0.4, -0.2) is 29.9 Å². The van der Waals surface area contributed by atoms with Crippen LogP contribution in [0, 0.1) is 0 Å². The Hall–Kier alpha value is -1.84. The molecular weight excluding hydrogens is 218 g/mol. The highest BCUT2D eigenvalue weighted by atomic mass is 16.4. The molecule has 0 amide bonds. The molecule has 0 unspecified atom stereocenters. The van der Waals surface area contributed by atoms with Crippen molar-refractivity contribution in [2.24, 2.45) is 0 Å². The summed E-state index contributed by atoms with van der Waals surface area (Å²) >= 11 is 0. The number of hydrogen-bond donors (Lipinski definition) is 1. The number of carboxylic acids is 1. The Bertz CT molecular complexity index is 442. The van der Waals surface area contributed by atoms with Gasteiger partial charge in [-0.3, -0.25) is 4.79 Å². The average Bonchev–Trinajstić information content (AvgIpc) is 2.35. The van der Waals surface area contributed by atoms with Crippen LogP contribution < -0.4 is 4.90 Å². The lowest BCUT2D eigenvalue weighted by Crippen LogP contribution is -2.32. The second-order valence-electron chi connectivity index (χ2n) is 4.20. The quantitative estimate of drug-likeness (QED) is 0.800. The van der Waals surface area contributed by atoms with E-state index in [1.807, 2.05) is 18.2 Å². The standard InChI is InChI=1S/C13H15NO3/c15-12(13(16)17)7-9-14-8-3-5-10-4-1-2-6-11(10)14/h1-2,4,6H,3,5,7-9H2,(H,16,17). The van der Waals surface area contributed by atoms with Crippen molar-refractivity contribution in [1.82, 2.24) is 0 Å². The summed E-state index contributed by atoms with van der Waals surface area (Å²) in [7, 11) is 0. The van der Waals surface area contributed by atoms with E-state index in [0.717, 1.165) is 25.1 Å². The maximum atomic E-state index is 11.1. The molecular formula is C13H15NO3. The van der Waals surface area contributed by atoms with Gasteiger partial charge in [0, 0.05) is 25.2 Å². The van der Waals surface area contributed by atoms with Gasteiger partial charge in [-0.15, -0.1) is 0 Å². The van der Waals surface area contributed by atoms with Crippen molar-refractivity contribution >= 4 is 17.4 Å². The van der Waals surface area contributed by atoms with Crippen molar-refractivity contribution < 1.29 is 14.7 Å². The predicted octanol–water partition coefficient (Wildman–Crippen LogP) is 1.48. The zero-order valence-electron chi connectivity index (χ0n) is 9.56. The van der Waals surface area contributed by atoms with E-state index in [9.17, 15) is 9.59 Å². The molecule has 0 aromatic heterocycles. The molecule has 1 aliphatic heterocycles. The number of aliphatic carboxylic acids is 1. The van der Waals surface area contributed by atoms with Crippen molar-refractivity contribution in [3.8, 4) is 0 Å². The Labute approximate surface area is 99.9 Å². The molecule has 4 nitrogen and oxygen atoms in total. The number of para-hydroxylation sites is 1. The lowest BCUT2D eigenvalue weighted by Gasteiger charge is -2.30. The Kier molecular flexibility index (Phi) is 3.42. The molecule has 0 aliphatic carbocycles. The van der Waals surface area contributed by atoms with Crippen LogP contribution in [0.4, 0.5) is 5.69 Å². The average molecular weight is 233 g/mol. The number of Topliss-reactive ketones (excluding diaryl/α,β-unsaturated/α-hetero) is 1. The van der Waals surface area contributed by atoms with E-state index in [2.05, 4.69) is 11.0 Å². The van der Waals surface area contributed by atoms with Crippen molar-refractivity contribution in [1.29, 1.82) is 0 Å². The van der Waals surface area contributed by atoms with Gasteiger partial charge in [0.2, 0.25) is 5.78 Å². The number of aryl methyl sites for hydroxylation is 1. The van der Waals surface area contributed by atoms with Gasteiger partial charge in [0.15, 0.2) is 0 Å². The molecule has 0 saturated heterocycles. The third-order valence-electron chi connectivity index (χ3n) is 3.05. The SMILES string of the molecule is O=C(O)C(=O)CCN1CCCc2ccccc21. The molecule has 1 aromatic carbocycles. The molecule has 1 aliphatic rings. The minimum absolute atomic E-state index is 0.0731. The van der Waals surface area contributed by atoms with Crippen LogP contribution in [-0.2, 0) is 16.0 Å². The van der Waals surface area contributed by atoms with E-state index in [4.69, 9.17) is 5.11 Å². The van der Waals surface area contributed by atoms with Gasteiger partial charge < -0.3 is 10.0 Å². The molecule has 1 heterocycles.